The second-order valence-electron chi connectivity index (χ2n) is 7.48. The van der Waals surface area contributed by atoms with Crippen molar-refractivity contribution in [1.82, 2.24) is 4.90 Å². The summed E-state index contributed by atoms with van der Waals surface area (Å²) in [4.78, 5) is 19.9. The predicted octanol–water partition coefficient (Wildman–Crippen LogP) is 7.92. The van der Waals surface area contributed by atoms with Crippen LogP contribution in [-0.2, 0) is 11.4 Å². The second kappa shape index (κ2) is 11.8. The van der Waals surface area contributed by atoms with Crippen LogP contribution in [0.5, 0.6) is 11.5 Å². The second-order valence-corrected chi connectivity index (χ2v) is 11.0. The summed E-state index contributed by atoms with van der Waals surface area (Å²) >= 11 is 13.7. The Bertz CT molecular complexity index is 1270. The number of carbonyl (C=O) groups is 1. The van der Waals surface area contributed by atoms with Gasteiger partial charge in [0.05, 0.1) is 27.2 Å². The first-order valence-corrected chi connectivity index (χ1v) is 13.7. The van der Waals surface area contributed by atoms with Crippen molar-refractivity contribution >= 4 is 84.7 Å². The average Bonchev–Trinajstić information content (AvgIpc) is 3.13. The summed E-state index contributed by atoms with van der Waals surface area (Å²) in [5, 5.41) is 1.10. The molecule has 0 radical (unpaired) electrons. The van der Waals surface area contributed by atoms with E-state index in [4.69, 9.17) is 21.1 Å². The number of thioether (sulfide) groups is 1. The Morgan fingerprint density at radius 3 is 2.49 bits per heavy atom. The summed E-state index contributed by atoms with van der Waals surface area (Å²) in [6.45, 7) is 2.85. The monoisotopic (exact) mass is 682 g/mol. The highest BCUT2D eigenvalue weighted by molar-refractivity contribution is 14.1. The molecule has 4 rings (SSSR count). The van der Waals surface area contributed by atoms with Crippen LogP contribution in [0.15, 0.2) is 75.0 Å². The van der Waals surface area contributed by atoms with Crippen LogP contribution in [0.2, 0.25) is 5.02 Å². The predicted molar refractivity (Wildman–Crippen MR) is 156 cm³/mol. The van der Waals surface area contributed by atoms with E-state index in [1.165, 1.54) is 15.3 Å². The number of hydrogen-bond acceptors (Lipinski definition) is 5. The van der Waals surface area contributed by atoms with Crippen LogP contribution in [0.4, 0.5) is 5.69 Å². The van der Waals surface area contributed by atoms with Crippen molar-refractivity contribution in [3.8, 4) is 11.5 Å². The van der Waals surface area contributed by atoms with E-state index in [9.17, 15) is 4.79 Å². The van der Waals surface area contributed by atoms with Gasteiger partial charge in [0.1, 0.15) is 12.4 Å². The Morgan fingerprint density at radius 2 is 1.86 bits per heavy atom. The van der Waals surface area contributed by atoms with Crippen LogP contribution in [0.25, 0.3) is 6.08 Å². The zero-order valence-corrected chi connectivity index (χ0v) is 24.2. The third kappa shape index (κ3) is 6.41. The molecule has 1 amide bonds. The van der Waals surface area contributed by atoms with Crippen LogP contribution in [-0.4, -0.2) is 29.6 Å². The molecular weight excluding hydrogens is 663 g/mol. The summed E-state index contributed by atoms with van der Waals surface area (Å²) in [5.74, 6) is 1.23. The van der Waals surface area contributed by atoms with E-state index in [-0.39, 0.29) is 5.91 Å². The topological polar surface area (TPSA) is 51.1 Å². The lowest BCUT2D eigenvalue weighted by Gasteiger charge is -2.12. The SMILES string of the molecule is CCN1C(=O)/C(=C\c2cc(Cl)c(OCc3ccc(I)cc3)c(Br)c2)SC1=Nc1ccc(OC)cc1. The van der Waals surface area contributed by atoms with Crippen molar-refractivity contribution in [2.75, 3.05) is 13.7 Å². The Morgan fingerprint density at radius 1 is 1.14 bits per heavy atom. The summed E-state index contributed by atoms with van der Waals surface area (Å²) in [7, 11) is 1.62. The number of halogens is 3. The third-order valence-electron chi connectivity index (χ3n) is 5.12. The van der Waals surface area contributed by atoms with Crippen LogP contribution < -0.4 is 9.47 Å². The molecule has 0 bridgehead atoms. The lowest BCUT2D eigenvalue weighted by molar-refractivity contribution is -0.122. The van der Waals surface area contributed by atoms with Crippen molar-refractivity contribution in [1.29, 1.82) is 0 Å². The molecule has 1 heterocycles. The Balaban J connectivity index is 1.54. The van der Waals surface area contributed by atoms with E-state index >= 15 is 0 Å². The Hall–Kier alpha value is -2.01. The first kappa shape index (κ1) is 26.1. The molecule has 0 N–H and O–H groups in total. The molecule has 1 saturated heterocycles. The van der Waals surface area contributed by atoms with Crippen LogP contribution >= 0.6 is 61.9 Å². The molecule has 0 unspecified atom stereocenters. The van der Waals surface area contributed by atoms with Crippen LogP contribution in [0.1, 0.15) is 18.1 Å². The van der Waals surface area contributed by atoms with E-state index in [2.05, 4.69) is 43.5 Å². The van der Waals surface area contributed by atoms with Gasteiger partial charge in [-0.3, -0.25) is 9.69 Å². The Labute approximate surface area is 235 Å². The summed E-state index contributed by atoms with van der Waals surface area (Å²) in [6.07, 6.45) is 1.83. The Kier molecular flexibility index (Phi) is 8.80. The van der Waals surface area contributed by atoms with E-state index in [0.717, 1.165) is 27.0 Å². The van der Waals surface area contributed by atoms with Gasteiger partial charge in [0.15, 0.2) is 10.9 Å². The molecule has 0 aromatic heterocycles. The quantitative estimate of drug-likeness (QED) is 0.188. The van der Waals surface area contributed by atoms with Crippen molar-refractivity contribution in [2.45, 2.75) is 13.5 Å². The molecule has 180 valence electrons. The van der Waals surface area contributed by atoms with Crippen molar-refractivity contribution in [3.63, 3.8) is 0 Å². The summed E-state index contributed by atoms with van der Waals surface area (Å²) in [6, 6.07) is 19.2. The maximum absolute atomic E-state index is 13.0. The molecule has 35 heavy (non-hydrogen) atoms. The van der Waals surface area contributed by atoms with Crippen LogP contribution in [0.3, 0.4) is 0 Å². The molecule has 5 nitrogen and oxygen atoms in total. The number of rotatable bonds is 7. The number of methoxy groups -OCH3 is 1. The number of hydrogen-bond donors (Lipinski definition) is 0. The van der Waals surface area contributed by atoms with Gasteiger partial charge in [-0.15, -0.1) is 0 Å². The lowest BCUT2D eigenvalue weighted by atomic mass is 10.2. The van der Waals surface area contributed by atoms with Gasteiger partial charge in [-0.2, -0.15) is 0 Å². The van der Waals surface area contributed by atoms with Gasteiger partial charge < -0.3 is 9.47 Å². The number of nitrogens with zero attached hydrogens (tertiary/aromatic N) is 2. The molecular formula is C26H21BrClIN2O3S. The minimum atomic E-state index is -0.0870. The van der Waals surface area contributed by atoms with E-state index in [0.29, 0.717) is 34.0 Å². The fraction of sp³-hybridized carbons (Fsp3) is 0.154. The molecule has 1 aliphatic heterocycles. The maximum atomic E-state index is 13.0. The minimum absolute atomic E-state index is 0.0870. The van der Waals surface area contributed by atoms with Gasteiger partial charge in [-0.1, -0.05) is 23.7 Å². The number of likely N-dealkylation sites (N-methyl/N-ethyl adjacent to an activating group) is 1. The summed E-state index contributed by atoms with van der Waals surface area (Å²) < 4.78 is 13.1. The van der Waals surface area contributed by atoms with Gasteiger partial charge in [-0.05, 0) is 123 Å². The maximum Gasteiger partial charge on any atom is 0.266 e. The highest BCUT2D eigenvalue weighted by Crippen LogP contribution is 2.38. The first-order valence-electron chi connectivity index (χ1n) is 10.7. The van der Waals surface area contributed by atoms with Crippen molar-refractivity contribution in [2.24, 2.45) is 4.99 Å². The number of amidine groups is 1. The third-order valence-corrected chi connectivity index (χ3v) is 7.71. The fourth-order valence-corrected chi connectivity index (χ4v) is 5.74. The molecule has 1 aliphatic rings. The zero-order valence-electron chi connectivity index (χ0n) is 18.9. The van der Waals surface area contributed by atoms with Gasteiger partial charge in [-0.25, -0.2) is 4.99 Å². The van der Waals surface area contributed by atoms with Crippen molar-refractivity contribution < 1.29 is 14.3 Å². The number of benzene rings is 3. The number of ether oxygens (including phenoxy) is 2. The first-order chi connectivity index (χ1) is 16.9. The number of aliphatic imine (C=N–C) groups is 1. The van der Waals surface area contributed by atoms with E-state index in [1.54, 1.807) is 18.1 Å². The normalized spacial score (nSPS) is 15.8. The number of amides is 1. The molecule has 0 spiro atoms. The smallest absolute Gasteiger partial charge is 0.266 e. The molecule has 0 saturated carbocycles. The van der Waals surface area contributed by atoms with Gasteiger partial charge in [0, 0.05) is 10.1 Å². The van der Waals surface area contributed by atoms with Crippen LogP contribution in [0, 0.1) is 3.57 Å². The van der Waals surface area contributed by atoms with Gasteiger partial charge in [0.2, 0.25) is 0 Å². The summed E-state index contributed by atoms with van der Waals surface area (Å²) in [5.41, 5.74) is 2.60. The van der Waals surface area contributed by atoms with Gasteiger partial charge in [0.25, 0.3) is 5.91 Å². The largest absolute Gasteiger partial charge is 0.497 e. The lowest BCUT2D eigenvalue weighted by Crippen LogP contribution is -2.28. The average molecular weight is 684 g/mol. The fourth-order valence-electron chi connectivity index (χ4n) is 3.33. The molecule has 3 aromatic rings. The zero-order chi connectivity index (χ0) is 24.9. The van der Waals surface area contributed by atoms with Gasteiger partial charge >= 0.3 is 0 Å². The van der Waals surface area contributed by atoms with E-state index < -0.39 is 0 Å². The molecule has 9 heteroatoms. The minimum Gasteiger partial charge on any atom is -0.497 e. The standard InChI is InChI=1S/C26H21BrClIN2O3S/c1-3-31-25(32)23(35-26(31)30-19-8-10-20(33-2)11-9-19)14-17-12-21(27)24(22(28)13-17)34-15-16-4-6-18(29)7-5-16/h4-14H,3,15H2,1-2H3/b23-14+,30-26?. The van der Waals surface area contributed by atoms with Crippen molar-refractivity contribution in [3.05, 3.63) is 89.8 Å². The highest BCUT2D eigenvalue weighted by atomic mass is 127. The molecule has 3 aromatic carbocycles. The number of carbonyl (C=O) groups excluding carboxylic acids is 1. The molecule has 0 atom stereocenters. The molecule has 1 fully saturated rings. The highest BCUT2D eigenvalue weighted by Gasteiger charge is 2.32. The molecule has 0 aliphatic carbocycles. The van der Waals surface area contributed by atoms with E-state index in [1.807, 2.05) is 67.6 Å².